The smallest absolute Gasteiger partial charge is 0.306 e. The van der Waals surface area contributed by atoms with Gasteiger partial charge in [-0.15, -0.1) is 12.4 Å². The van der Waals surface area contributed by atoms with E-state index in [1.165, 1.54) is 6.42 Å². The van der Waals surface area contributed by atoms with Crippen LogP contribution in [-0.4, -0.2) is 18.6 Å². The van der Waals surface area contributed by atoms with E-state index in [0.717, 1.165) is 12.8 Å². The Morgan fingerprint density at radius 1 is 1.58 bits per heavy atom. The zero-order valence-corrected chi connectivity index (χ0v) is 7.73. The van der Waals surface area contributed by atoms with Gasteiger partial charge in [0.1, 0.15) is 6.10 Å². The molecule has 0 aromatic heterocycles. The van der Waals surface area contributed by atoms with E-state index in [1.807, 2.05) is 0 Å². The third kappa shape index (κ3) is 1.21. The highest BCUT2D eigenvalue weighted by Gasteiger charge is 2.51. The highest BCUT2D eigenvalue weighted by atomic mass is 35.5. The first kappa shape index (κ1) is 9.81. The summed E-state index contributed by atoms with van der Waals surface area (Å²) in [6.45, 7) is 0.492. The molecule has 4 heteroatoms. The number of carbonyl (C=O) groups excluding carboxylic acids is 1. The summed E-state index contributed by atoms with van der Waals surface area (Å²) in [6.07, 6.45) is 4.10. The van der Waals surface area contributed by atoms with E-state index in [0.29, 0.717) is 13.0 Å². The summed E-state index contributed by atoms with van der Waals surface area (Å²) in [5.41, 5.74) is 5.66. The highest BCUT2D eigenvalue weighted by molar-refractivity contribution is 5.85. The minimum atomic E-state index is -0.0554. The maximum atomic E-state index is 10.9. The van der Waals surface area contributed by atoms with E-state index in [4.69, 9.17) is 10.5 Å². The van der Waals surface area contributed by atoms with Crippen molar-refractivity contribution in [2.75, 3.05) is 6.54 Å². The Labute approximate surface area is 78.1 Å². The Kier molecular flexibility index (Phi) is 2.64. The quantitative estimate of drug-likeness (QED) is 0.626. The summed E-state index contributed by atoms with van der Waals surface area (Å²) >= 11 is 0. The molecule has 0 aromatic carbocycles. The van der Waals surface area contributed by atoms with Crippen molar-refractivity contribution in [3.63, 3.8) is 0 Å². The van der Waals surface area contributed by atoms with E-state index < -0.39 is 0 Å². The summed E-state index contributed by atoms with van der Waals surface area (Å²) in [7, 11) is 0. The molecule has 1 aliphatic carbocycles. The molecule has 2 aliphatic rings. The van der Waals surface area contributed by atoms with Crippen LogP contribution in [0.1, 0.15) is 25.7 Å². The number of ether oxygens (including phenoxy) is 1. The summed E-state index contributed by atoms with van der Waals surface area (Å²) in [5.74, 6) is -0.0554. The molecule has 1 unspecified atom stereocenters. The fourth-order valence-corrected chi connectivity index (χ4v) is 2.15. The van der Waals surface area contributed by atoms with E-state index in [1.54, 1.807) is 0 Å². The zero-order valence-electron chi connectivity index (χ0n) is 6.91. The normalized spacial score (nSPS) is 30.8. The first-order valence-corrected chi connectivity index (χ1v) is 4.16. The number of carbonyl (C=O) groups is 1. The molecule has 1 saturated heterocycles. The first-order chi connectivity index (χ1) is 5.27. The number of hydrogen-bond donors (Lipinski definition) is 1. The molecular weight excluding hydrogens is 178 g/mol. The molecule has 0 radical (unpaired) electrons. The third-order valence-corrected chi connectivity index (χ3v) is 3.02. The Morgan fingerprint density at radius 2 is 2.25 bits per heavy atom. The molecule has 12 heavy (non-hydrogen) atoms. The van der Waals surface area contributed by atoms with Gasteiger partial charge in [-0.25, -0.2) is 0 Å². The van der Waals surface area contributed by atoms with Crippen LogP contribution < -0.4 is 5.73 Å². The van der Waals surface area contributed by atoms with Gasteiger partial charge in [-0.2, -0.15) is 0 Å². The molecular formula is C8H14ClNO2. The molecule has 2 fully saturated rings. The molecule has 2 rings (SSSR count). The van der Waals surface area contributed by atoms with Crippen LogP contribution in [0.5, 0.6) is 0 Å². The Bertz CT molecular complexity index is 191. The van der Waals surface area contributed by atoms with Gasteiger partial charge in [-0.3, -0.25) is 4.79 Å². The topological polar surface area (TPSA) is 52.3 Å². The molecule has 70 valence electrons. The molecule has 0 bridgehead atoms. The van der Waals surface area contributed by atoms with Crippen molar-refractivity contribution in [3.05, 3.63) is 0 Å². The predicted molar refractivity (Wildman–Crippen MR) is 47.1 cm³/mol. The average molecular weight is 192 g/mol. The van der Waals surface area contributed by atoms with Crippen molar-refractivity contribution in [3.8, 4) is 0 Å². The molecule has 3 nitrogen and oxygen atoms in total. The fourth-order valence-electron chi connectivity index (χ4n) is 2.15. The first-order valence-electron chi connectivity index (χ1n) is 4.16. The van der Waals surface area contributed by atoms with Crippen LogP contribution in [0.3, 0.4) is 0 Å². The maximum absolute atomic E-state index is 10.9. The Hall–Kier alpha value is -0.280. The van der Waals surface area contributed by atoms with Crippen molar-refractivity contribution < 1.29 is 9.53 Å². The number of nitrogens with two attached hydrogens (primary N) is 1. The SMILES string of the molecule is Cl.NCC1OC(=O)CC12CCC2. The lowest BCUT2D eigenvalue weighted by Crippen LogP contribution is -2.41. The lowest BCUT2D eigenvalue weighted by molar-refractivity contribution is -0.141. The summed E-state index contributed by atoms with van der Waals surface area (Å²) in [6, 6.07) is 0. The van der Waals surface area contributed by atoms with E-state index in [-0.39, 0.29) is 29.9 Å². The zero-order chi connectivity index (χ0) is 7.90. The van der Waals surface area contributed by atoms with Crippen molar-refractivity contribution in [2.24, 2.45) is 11.1 Å². The van der Waals surface area contributed by atoms with Crippen LogP contribution in [-0.2, 0) is 9.53 Å². The van der Waals surface area contributed by atoms with Crippen molar-refractivity contribution in [2.45, 2.75) is 31.8 Å². The fraction of sp³-hybridized carbons (Fsp3) is 0.875. The average Bonchev–Trinajstić information content (AvgIpc) is 2.25. The van der Waals surface area contributed by atoms with Gasteiger partial charge < -0.3 is 10.5 Å². The van der Waals surface area contributed by atoms with Crippen LogP contribution in [0.15, 0.2) is 0 Å². The van der Waals surface area contributed by atoms with Gasteiger partial charge in [0, 0.05) is 12.0 Å². The van der Waals surface area contributed by atoms with Crippen molar-refractivity contribution >= 4 is 18.4 Å². The van der Waals surface area contributed by atoms with Gasteiger partial charge in [0.25, 0.3) is 0 Å². The molecule has 1 saturated carbocycles. The standard InChI is InChI=1S/C8H13NO2.ClH/c9-5-6-8(2-1-3-8)4-7(10)11-6;/h6H,1-5,9H2;1H. The van der Waals surface area contributed by atoms with Crippen molar-refractivity contribution in [1.82, 2.24) is 0 Å². The highest BCUT2D eigenvalue weighted by Crippen LogP contribution is 2.51. The summed E-state index contributed by atoms with van der Waals surface area (Å²) in [5, 5.41) is 0. The number of hydrogen-bond acceptors (Lipinski definition) is 3. The van der Waals surface area contributed by atoms with Gasteiger partial charge in [0.2, 0.25) is 0 Å². The van der Waals surface area contributed by atoms with E-state index in [2.05, 4.69) is 0 Å². The van der Waals surface area contributed by atoms with Gasteiger partial charge >= 0.3 is 5.97 Å². The largest absolute Gasteiger partial charge is 0.460 e. The van der Waals surface area contributed by atoms with Crippen LogP contribution in [0.4, 0.5) is 0 Å². The molecule has 1 aliphatic heterocycles. The maximum Gasteiger partial charge on any atom is 0.306 e. The Balaban J connectivity index is 0.000000720. The molecule has 1 spiro atoms. The molecule has 0 aromatic rings. The van der Waals surface area contributed by atoms with Crippen molar-refractivity contribution in [1.29, 1.82) is 0 Å². The minimum absolute atomic E-state index is 0. The van der Waals surface area contributed by atoms with Gasteiger partial charge in [-0.05, 0) is 12.8 Å². The number of rotatable bonds is 1. The number of esters is 1. The molecule has 2 N–H and O–H groups in total. The molecule has 0 amide bonds. The number of halogens is 1. The summed E-state index contributed by atoms with van der Waals surface area (Å²) < 4.78 is 5.10. The monoisotopic (exact) mass is 191 g/mol. The van der Waals surface area contributed by atoms with E-state index >= 15 is 0 Å². The van der Waals surface area contributed by atoms with E-state index in [9.17, 15) is 4.79 Å². The summed E-state index contributed by atoms with van der Waals surface area (Å²) in [4.78, 5) is 10.9. The predicted octanol–water partition coefficient (Wildman–Crippen LogP) is 0.853. The number of cyclic esters (lactones) is 1. The second kappa shape index (κ2) is 3.23. The second-order valence-electron chi connectivity index (χ2n) is 3.61. The van der Waals surface area contributed by atoms with Crippen LogP contribution in [0.2, 0.25) is 0 Å². The van der Waals surface area contributed by atoms with Crippen LogP contribution in [0.25, 0.3) is 0 Å². The van der Waals surface area contributed by atoms with Crippen LogP contribution >= 0.6 is 12.4 Å². The molecule has 1 atom stereocenters. The molecule has 1 heterocycles. The van der Waals surface area contributed by atoms with Gasteiger partial charge in [0.05, 0.1) is 6.42 Å². The van der Waals surface area contributed by atoms with Crippen LogP contribution in [0, 0.1) is 5.41 Å². The Morgan fingerprint density at radius 3 is 2.58 bits per heavy atom. The second-order valence-corrected chi connectivity index (χ2v) is 3.61. The third-order valence-electron chi connectivity index (χ3n) is 3.02. The minimum Gasteiger partial charge on any atom is -0.460 e. The van der Waals surface area contributed by atoms with Gasteiger partial charge in [-0.1, -0.05) is 6.42 Å². The lowest BCUT2D eigenvalue weighted by atomic mass is 9.64. The lowest BCUT2D eigenvalue weighted by Gasteiger charge is -2.40. The van der Waals surface area contributed by atoms with Gasteiger partial charge in [0.15, 0.2) is 0 Å².